The average molecular weight is 416 g/mol. The van der Waals surface area contributed by atoms with Crippen LogP contribution in [-0.2, 0) is 26.0 Å². The van der Waals surface area contributed by atoms with Crippen molar-refractivity contribution in [1.29, 1.82) is 0 Å². The van der Waals surface area contributed by atoms with E-state index in [4.69, 9.17) is 9.47 Å². The molecule has 26 heavy (non-hydrogen) atoms. The van der Waals surface area contributed by atoms with Gasteiger partial charge in [0.15, 0.2) is 0 Å². The summed E-state index contributed by atoms with van der Waals surface area (Å²) in [7, 11) is -2.61. The lowest BCUT2D eigenvalue weighted by Crippen LogP contribution is -2.37. The van der Waals surface area contributed by atoms with E-state index in [0.29, 0.717) is 12.2 Å². The van der Waals surface area contributed by atoms with E-state index in [0.717, 1.165) is 29.1 Å². The van der Waals surface area contributed by atoms with Crippen molar-refractivity contribution in [2.24, 2.45) is 0 Å². The van der Waals surface area contributed by atoms with Crippen molar-refractivity contribution in [1.82, 2.24) is 4.31 Å². The zero-order chi connectivity index (χ0) is 18.7. The Morgan fingerprint density at radius 2 is 2.23 bits per heavy atom. The molecule has 0 aromatic carbocycles. The predicted molar refractivity (Wildman–Crippen MR) is 101 cm³/mol. The third kappa shape index (κ3) is 4.01. The second kappa shape index (κ2) is 8.18. The van der Waals surface area contributed by atoms with Gasteiger partial charge < -0.3 is 9.47 Å². The van der Waals surface area contributed by atoms with Crippen LogP contribution in [0.1, 0.15) is 33.0 Å². The molecule has 0 unspecified atom stereocenters. The van der Waals surface area contributed by atoms with E-state index in [1.807, 2.05) is 17.5 Å². The van der Waals surface area contributed by atoms with Crippen LogP contribution in [0.3, 0.4) is 0 Å². The van der Waals surface area contributed by atoms with Gasteiger partial charge in [-0.25, -0.2) is 13.2 Å². The van der Waals surface area contributed by atoms with E-state index in [-0.39, 0.29) is 29.0 Å². The van der Waals surface area contributed by atoms with Gasteiger partial charge in [0, 0.05) is 24.6 Å². The summed E-state index contributed by atoms with van der Waals surface area (Å²) in [6, 6.07) is 3.80. The maximum absolute atomic E-state index is 13.4. The van der Waals surface area contributed by atoms with Gasteiger partial charge in [-0.1, -0.05) is 6.07 Å². The molecule has 1 fully saturated rings. The zero-order valence-corrected chi connectivity index (χ0v) is 17.1. The highest BCUT2D eigenvalue weighted by atomic mass is 32.2. The largest absolute Gasteiger partial charge is 0.465 e. The Bertz CT molecular complexity index is 851. The molecule has 0 N–H and O–H groups in total. The molecule has 3 rings (SSSR count). The maximum atomic E-state index is 13.4. The second-order valence-electron chi connectivity index (χ2n) is 6.08. The standard InChI is InChI=1S/C17H21NO5S3/c1-12-11-25-15(17(19)22-2)16(12)26(20,21)18(9-13-5-3-7-23-13)10-14-6-4-8-24-14/h4,6,8,11,13H,3,5,7,9-10H2,1-2H3/t13-/m1/s1. The summed E-state index contributed by atoms with van der Waals surface area (Å²) in [4.78, 5) is 13.2. The van der Waals surface area contributed by atoms with Gasteiger partial charge in [0.2, 0.25) is 10.0 Å². The van der Waals surface area contributed by atoms with Crippen LogP contribution >= 0.6 is 22.7 Å². The fourth-order valence-corrected chi connectivity index (χ4v) is 6.87. The number of hydrogen-bond acceptors (Lipinski definition) is 7. The van der Waals surface area contributed by atoms with E-state index < -0.39 is 16.0 Å². The zero-order valence-electron chi connectivity index (χ0n) is 14.6. The molecule has 0 amide bonds. The molecule has 1 aliphatic rings. The Balaban J connectivity index is 1.98. The van der Waals surface area contributed by atoms with E-state index >= 15 is 0 Å². The normalized spacial score (nSPS) is 17.7. The monoisotopic (exact) mass is 415 g/mol. The van der Waals surface area contributed by atoms with Crippen LogP contribution in [-0.4, -0.2) is 45.1 Å². The number of carbonyl (C=O) groups excluding carboxylic acids is 1. The lowest BCUT2D eigenvalue weighted by molar-refractivity contribution is 0.0602. The Hall–Kier alpha value is -1.26. The smallest absolute Gasteiger partial charge is 0.349 e. The van der Waals surface area contributed by atoms with Gasteiger partial charge in [0.05, 0.1) is 13.2 Å². The molecule has 0 spiro atoms. The molecule has 1 aliphatic heterocycles. The average Bonchev–Trinajstić information content (AvgIpc) is 3.35. The molecule has 1 atom stereocenters. The number of rotatable bonds is 7. The first kappa shape index (κ1) is 19.5. The number of esters is 1. The molecule has 6 nitrogen and oxygen atoms in total. The SMILES string of the molecule is COC(=O)c1scc(C)c1S(=O)(=O)N(Cc1cccs1)C[C@H]1CCCO1. The first-order valence-electron chi connectivity index (χ1n) is 8.24. The Labute approximate surface area is 161 Å². The summed E-state index contributed by atoms with van der Waals surface area (Å²) >= 11 is 2.60. The molecule has 9 heteroatoms. The number of ether oxygens (including phenoxy) is 2. The predicted octanol–water partition coefficient (Wildman–Crippen LogP) is 3.27. The number of carbonyl (C=O) groups is 1. The van der Waals surface area contributed by atoms with Crippen molar-refractivity contribution in [3.8, 4) is 0 Å². The van der Waals surface area contributed by atoms with Crippen LogP contribution < -0.4 is 0 Å². The number of thiophene rings is 2. The highest BCUT2D eigenvalue weighted by Gasteiger charge is 2.35. The number of hydrogen-bond donors (Lipinski definition) is 0. The molecule has 2 aromatic rings. The minimum absolute atomic E-state index is 0.0453. The van der Waals surface area contributed by atoms with Crippen LogP contribution in [0.15, 0.2) is 27.8 Å². The minimum Gasteiger partial charge on any atom is -0.465 e. The molecule has 0 aliphatic carbocycles. The summed E-state index contributed by atoms with van der Waals surface area (Å²) in [5.74, 6) is -0.630. The number of nitrogens with zero attached hydrogens (tertiary/aromatic N) is 1. The van der Waals surface area contributed by atoms with Crippen LogP contribution in [0, 0.1) is 6.92 Å². The molecule has 0 radical (unpaired) electrons. The summed E-state index contributed by atoms with van der Waals surface area (Å²) in [6.07, 6.45) is 1.65. The topological polar surface area (TPSA) is 72.9 Å². The van der Waals surface area contributed by atoms with Gasteiger partial charge in [0.1, 0.15) is 9.77 Å². The van der Waals surface area contributed by atoms with E-state index in [2.05, 4.69) is 0 Å². The number of methoxy groups -OCH3 is 1. The highest BCUT2D eigenvalue weighted by molar-refractivity contribution is 7.89. The Morgan fingerprint density at radius 3 is 2.85 bits per heavy atom. The van der Waals surface area contributed by atoms with Gasteiger partial charge in [-0.15, -0.1) is 22.7 Å². The molecule has 3 heterocycles. The third-order valence-corrected chi connectivity index (χ3v) is 8.30. The minimum atomic E-state index is -3.87. The summed E-state index contributed by atoms with van der Waals surface area (Å²) in [5.41, 5.74) is 0.555. The van der Waals surface area contributed by atoms with Crippen molar-refractivity contribution >= 4 is 38.7 Å². The van der Waals surface area contributed by atoms with Crippen LogP contribution in [0.4, 0.5) is 0 Å². The van der Waals surface area contributed by atoms with E-state index in [9.17, 15) is 13.2 Å². The third-order valence-electron chi connectivity index (χ3n) is 4.23. The van der Waals surface area contributed by atoms with Gasteiger partial charge in [0.25, 0.3) is 0 Å². The molecular weight excluding hydrogens is 394 g/mol. The maximum Gasteiger partial charge on any atom is 0.349 e. The summed E-state index contributed by atoms with van der Waals surface area (Å²) < 4.78 is 38.7. The summed E-state index contributed by atoms with van der Waals surface area (Å²) in [5, 5.41) is 3.59. The van der Waals surface area contributed by atoms with Gasteiger partial charge in [-0.05, 0) is 42.2 Å². The molecule has 2 aromatic heterocycles. The lowest BCUT2D eigenvalue weighted by Gasteiger charge is -2.25. The summed E-state index contributed by atoms with van der Waals surface area (Å²) in [6.45, 7) is 2.89. The number of aryl methyl sites for hydroxylation is 1. The fraction of sp³-hybridized carbons (Fsp3) is 0.471. The highest BCUT2D eigenvalue weighted by Crippen LogP contribution is 2.32. The number of sulfonamides is 1. The lowest BCUT2D eigenvalue weighted by atomic mass is 10.2. The molecular formula is C17H21NO5S3. The van der Waals surface area contributed by atoms with Gasteiger partial charge in [-0.3, -0.25) is 0 Å². The van der Waals surface area contributed by atoms with Crippen molar-refractivity contribution in [3.05, 3.63) is 38.2 Å². The first-order valence-corrected chi connectivity index (χ1v) is 11.4. The van der Waals surface area contributed by atoms with Crippen LogP contribution in [0.25, 0.3) is 0 Å². The van der Waals surface area contributed by atoms with Crippen molar-refractivity contribution in [2.75, 3.05) is 20.3 Å². The Morgan fingerprint density at radius 1 is 1.42 bits per heavy atom. The van der Waals surface area contributed by atoms with Crippen molar-refractivity contribution in [3.63, 3.8) is 0 Å². The van der Waals surface area contributed by atoms with E-state index in [1.54, 1.807) is 12.3 Å². The van der Waals surface area contributed by atoms with Crippen molar-refractivity contribution < 1.29 is 22.7 Å². The molecule has 0 bridgehead atoms. The quantitative estimate of drug-likeness (QED) is 0.649. The second-order valence-corrected chi connectivity index (χ2v) is 9.87. The first-order chi connectivity index (χ1) is 12.4. The van der Waals surface area contributed by atoms with Crippen LogP contribution in [0.5, 0.6) is 0 Å². The molecule has 142 valence electrons. The fourth-order valence-electron chi connectivity index (χ4n) is 2.96. The molecule has 0 saturated carbocycles. The van der Waals surface area contributed by atoms with Gasteiger partial charge >= 0.3 is 5.97 Å². The van der Waals surface area contributed by atoms with Crippen LogP contribution in [0.2, 0.25) is 0 Å². The molecule has 1 saturated heterocycles. The van der Waals surface area contributed by atoms with E-state index in [1.165, 1.54) is 22.8 Å². The Kier molecular flexibility index (Phi) is 6.13. The van der Waals surface area contributed by atoms with Crippen molar-refractivity contribution in [2.45, 2.75) is 37.3 Å². The van der Waals surface area contributed by atoms with Gasteiger partial charge in [-0.2, -0.15) is 4.31 Å².